The number of hydrogen-bond donors (Lipinski definition) is 0. The fraction of sp³-hybridized carbons (Fsp3) is 0.833. The molecule has 0 heterocycles. The van der Waals surface area contributed by atoms with Gasteiger partial charge in [0.25, 0.3) is 0 Å². The van der Waals surface area contributed by atoms with Crippen molar-refractivity contribution in [3.63, 3.8) is 0 Å². The summed E-state index contributed by atoms with van der Waals surface area (Å²) in [6, 6.07) is 0. The van der Waals surface area contributed by atoms with E-state index in [0.717, 1.165) is 5.92 Å². The minimum Gasteiger partial charge on any atom is -0.0999 e. The number of rotatable bonds is 5. The molecule has 0 fully saturated rings. The minimum atomic E-state index is 0.728. The first-order chi connectivity index (χ1) is 5.68. The van der Waals surface area contributed by atoms with E-state index in [9.17, 15) is 0 Å². The van der Waals surface area contributed by atoms with Crippen molar-refractivity contribution in [1.29, 1.82) is 0 Å². The molecule has 0 nitrogen and oxygen atoms in total. The van der Waals surface area contributed by atoms with Gasteiger partial charge in [-0.25, -0.2) is 0 Å². The Morgan fingerprint density at radius 3 is 2.08 bits per heavy atom. The van der Waals surface area contributed by atoms with Crippen molar-refractivity contribution in [3.05, 3.63) is 12.2 Å². The highest BCUT2D eigenvalue weighted by Crippen LogP contribution is 2.15. The van der Waals surface area contributed by atoms with Crippen molar-refractivity contribution in [2.45, 2.75) is 60.3 Å². The van der Waals surface area contributed by atoms with Crippen LogP contribution >= 0.6 is 0 Å². The fourth-order valence-electron chi connectivity index (χ4n) is 0.947. The third-order valence-corrected chi connectivity index (χ3v) is 2.08. The van der Waals surface area contributed by atoms with Crippen LogP contribution in [0.5, 0.6) is 0 Å². The third-order valence-electron chi connectivity index (χ3n) is 2.08. The second-order valence-electron chi connectivity index (χ2n) is 3.24. The van der Waals surface area contributed by atoms with E-state index in [1.807, 2.05) is 13.8 Å². The summed E-state index contributed by atoms with van der Waals surface area (Å²) in [5, 5.41) is 0. The summed E-state index contributed by atoms with van der Waals surface area (Å²) in [5.41, 5.74) is 1.33. The van der Waals surface area contributed by atoms with Crippen LogP contribution < -0.4 is 0 Å². The maximum absolute atomic E-state index is 3.93. The van der Waals surface area contributed by atoms with Gasteiger partial charge in [0, 0.05) is 0 Å². The Bertz CT molecular complexity index is 92.2. The van der Waals surface area contributed by atoms with Crippen molar-refractivity contribution < 1.29 is 0 Å². The van der Waals surface area contributed by atoms with Gasteiger partial charge in [0.2, 0.25) is 0 Å². The average molecular weight is 170 g/mol. The molecule has 1 unspecified atom stereocenters. The van der Waals surface area contributed by atoms with E-state index in [2.05, 4.69) is 27.4 Å². The van der Waals surface area contributed by atoms with Gasteiger partial charge in [0.1, 0.15) is 0 Å². The van der Waals surface area contributed by atoms with Gasteiger partial charge in [-0.3, -0.25) is 0 Å². The first kappa shape index (κ1) is 14.3. The van der Waals surface area contributed by atoms with E-state index in [-0.39, 0.29) is 0 Å². The van der Waals surface area contributed by atoms with Crippen LogP contribution in [-0.4, -0.2) is 0 Å². The molecule has 0 rings (SSSR count). The Balaban J connectivity index is 0. The quantitative estimate of drug-likeness (QED) is 0.410. The van der Waals surface area contributed by atoms with Crippen LogP contribution in [0.25, 0.3) is 0 Å². The van der Waals surface area contributed by atoms with E-state index in [1.54, 1.807) is 0 Å². The number of hydrogen-bond acceptors (Lipinski definition) is 0. The molecule has 0 aromatic heterocycles. The van der Waals surface area contributed by atoms with Crippen LogP contribution in [0, 0.1) is 5.92 Å². The van der Waals surface area contributed by atoms with Crippen LogP contribution in [0.2, 0.25) is 0 Å². The molecule has 0 aromatic carbocycles. The second kappa shape index (κ2) is 10.7. The maximum atomic E-state index is 3.93. The van der Waals surface area contributed by atoms with Crippen molar-refractivity contribution in [3.8, 4) is 0 Å². The summed E-state index contributed by atoms with van der Waals surface area (Å²) < 4.78 is 0. The van der Waals surface area contributed by atoms with E-state index in [4.69, 9.17) is 0 Å². The van der Waals surface area contributed by atoms with Gasteiger partial charge in [-0.15, -0.1) is 0 Å². The Morgan fingerprint density at radius 1 is 1.25 bits per heavy atom. The van der Waals surface area contributed by atoms with Gasteiger partial charge < -0.3 is 0 Å². The summed E-state index contributed by atoms with van der Waals surface area (Å²) in [6.45, 7) is 14.6. The summed E-state index contributed by atoms with van der Waals surface area (Å²) >= 11 is 0. The van der Waals surface area contributed by atoms with Gasteiger partial charge in [0.15, 0.2) is 0 Å². The summed E-state index contributed by atoms with van der Waals surface area (Å²) in [6.07, 6.45) is 5.38. The Hall–Kier alpha value is -0.260. The molecule has 0 aliphatic carbocycles. The van der Waals surface area contributed by atoms with Gasteiger partial charge in [-0.05, 0) is 19.3 Å². The lowest BCUT2D eigenvalue weighted by Gasteiger charge is -2.09. The lowest BCUT2D eigenvalue weighted by molar-refractivity contribution is 0.555. The Labute approximate surface area is 79.1 Å². The molecular formula is C12H26. The predicted molar refractivity (Wildman–Crippen MR) is 59.5 cm³/mol. The van der Waals surface area contributed by atoms with E-state index in [1.165, 1.54) is 31.3 Å². The van der Waals surface area contributed by atoms with E-state index >= 15 is 0 Å². The summed E-state index contributed by atoms with van der Waals surface area (Å²) in [7, 11) is 0. The van der Waals surface area contributed by atoms with Gasteiger partial charge in [0.05, 0.1) is 0 Å². The molecule has 0 radical (unpaired) electrons. The molecule has 0 bridgehead atoms. The Kier molecular flexibility index (Phi) is 12.8. The molecule has 0 aliphatic rings. The lowest BCUT2D eigenvalue weighted by atomic mass is 9.97. The number of allylic oxidation sites excluding steroid dienone is 1. The average Bonchev–Trinajstić information content (AvgIpc) is 2.08. The zero-order chi connectivity index (χ0) is 9.98. The van der Waals surface area contributed by atoms with Crippen molar-refractivity contribution in [2.75, 3.05) is 0 Å². The van der Waals surface area contributed by atoms with Crippen LogP contribution in [0.3, 0.4) is 0 Å². The lowest BCUT2D eigenvalue weighted by Crippen LogP contribution is -1.94. The standard InChI is InChI=1S/C10H20.C2H6/c1-5-6-7-8-10(4)9(2)3;1-2/h10H,2,5-8H2,1,3-4H3;1-2H3. The largest absolute Gasteiger partial charge is 0.0999 e. The highest BCUT2D eigenvalue weighted by atomic mass is 14.1. The molecule has 12 heavy (non-hydrogen) atoms. The normalized spacial score (nSPS) is 11.4. The zero-order valence-electron chi connectivity index (χ0n) is 9.61. The van der Waals surface area contributed by atoms with Gasteiger partial charge in [-0.1, -0.05) is 59.1 Å². The molecule has 0 saturated heterocycles. The summed E-state index contributed by atoms with van der Waals surface area (Å²) in [4.78, 5) is 0. The molecule has 0 aliphatic heterocycles. The summed E-state index contributed by atoms with van der Waals surface area (Å²) in [5.74, 6) is 0.728. The highest BCUT2D eigenvalue weighted by molar-refractivity contribution is 4.93. The molecule has 0 amide bonds. The molecule has 0 saturated carbocycles. The van der Waals surface area contributed by atoms with Gasteiger partial charge in [-0.2, -0.15) is 0 Å². The highest BCUT2D eigenvalue weighted by Gasteiger charge is 2.00. The van der Waals surface area contributed by atoms with E-state index < -0.39 is 0 Å². The fourth-order valence-corrected chi connectivity index (χ4v) is 0.947. The minimum absolute atomic E-state index is 0.728. The first-order valence-electron chi connectivity index (χ1n) is 5.33. The maximum Gasteiger partial charge on any atom is -0.0237 e. The van der Waals surface area contributed by atoms with Crippen molar-refractivity contribution >= 4 is 0 Å². The number of unbranched alkanes of at least 4 members (excludes halogenated alkanes) is 2. The second-order valence-corrected chi connectivity index (χ2v) is 3.24. The Morgan fingerprint density at radius 2 is 1.75 bits per heavy atom. The zero-order valence-corrected chi connectivity index (χ0v) is 9.61. The molecular weight excluding hydrogens is 144 g/mol. The predicted octanol–water partition coefficient (Wildman–Crippen LogP) is 4.81. The molecule has 0 spiro atoms. The third kappa shape index (κ3) is 9.74. The molecule has 0 heteroatoms. The molecule has 1 atom stereocenters. The van der Waals surface area contributed by atoms with Crippen LogP contribution in [0.15, 0.2) is 12.2 Å². The van der Waals surface area contributed by atoms with Crippen LogP contribution in [-0.2, 0) is 0 Å². The SMILES string of the molecule is C=C(C)C(C)CCCCC.CC. The van der Waals surface area contributed by atoms with Crippen molar-refractivity contribution in [2.24, 2.45) is 5.92 Å². The topological polar surface area (TPSA) is 0 Å². The van der Waals surface area contributed by atoms with Gasteiger partial charge >= 0.3 is 0 Å². The molecule has 0 N–H and O–H groups in total. The van der Waals surface area contributed by atoms with Crippen LogP contribution in [0.4, 0.5) is 0 Å². The smallest absolute Gasteiger partial charge is 0.0237 e. The van der Waals surface area contributed by atoms with E-state index in [0.29, 0.717) is 0 Å². The monoisotopic (exact) mass is 170 g/mol. The molecule has 0 aromatic rings. The van der Waals surface area contributed by atoms with Crippen molar-refractivity contribution in [1.82, 2.24) is 0 Å². The van der Waals surface area contributed by atoms with Crippen LogP contribution in [0.1, 0.15) is 60.3 Å². The first-order valence-corrected chi connectivity index (χ1v) is 5.33. The molecule has 74 valence electrons.